The van der Waals surface area contributed by atoms with Gasteiger partial charge in [-0.2, -0.15) is 5.26 Å². The summed E-state index contributed by atoms with van der Waals surface area (Å²) in [6.07, 6.45) is 0. The molecule has 2 aromatic carbocycles. The van der Waals surface area contributed by atoms with Crippen LogP contribution in [0.15, 0.2) is 47.8 Å². The maximum atomic E-state index is 12.3. The van der Waals surface area contributed by atoms with Crippen LogP contribution in [0.25, 0.3) is 10.6 Å². The van der Waals surface area contributed by atoms with Gasteiger partial charge in [0.2, 0.25) is 0 Å². The third kappa shape index (κ3) is 3.46. The highest BCUT2D eigenvalue weighted by atomic mass is 35.5. The van der Waals surface area contributed by atoms with Gasteiger partial charge in [0.1, 0.15) is 16.8 Å². The van der Waals surface area contributed by atoms with E-state index in [0.717, 1.165) is 10.6 Å². The number of nitrogens with one attached hydrogen (secondary N) is 1. The Morgan fingerprint density at radius 3 is 2.67 bits per heavy atom. The SMILES string of the molecule is Cc1ccc(-c2nc(C(=O)Nc3ccc(C#N)c(Cl)c3)cs2)cc1. The Hall–Kier alpha value is -2.68. The number of nitriles is 1. The monoisotopic (exact) mass is 353 g/mol. The van der Waals surface area contributed by atoms with Crippen molar-refractivity contribution in [3.05, 3.63) is 69.7 Å². The Morgan fingerprint density at radius 2 is 2.00 bits per heavy atom. The van der Waals surface area contributed by atoms with Crippen molar-refractivity contribution < 1.29 is 4.79 Å². The van der Waals surface area contributed by atoms with E-state index in [1.165, 1.54) is 16.9 Å². The maximum Gasteiger partial charge on any atom is 0.275 e. The number of nitrogens with zero attached hydrogens (tertiary/aromatic N) is 2. The normalized spacial score (nSPS) is 10.2. The van der Waals surface area contributed by atoms with Crippen molar-refractivity contribution >= 4 is 34.5 Å². The molecule has 6 heteroatoms. The van der Waals surface area contributed by atoms with E-state index in [1.807, 2.05) is 37.3 Å². The highest BCUT2D eigenvalue weighted by Crippen LogP contribution is 2.25. The average Bonchev–Trinajstić information content (AvgIpc) is 3.06. The molecule has 1 heterocycles. The number of amides is 1. The highest BCUT2D eigenvalue weighted by Gasteiger charge is 2.13. The van der Waals surface area contributed by atoms with E-state index in [2.05, 4.69) is 10.3 Å². The molecule has 0 saturated heterocycles. The molecular weight excluding hydrogens is 342 g/mol. The zero-order valence-corrected chi connectivity index (χ0v) is 14.3. The van der Waals surface area contributed by atoms with Gasteiger partial charge in [0.05, 0.1) is 10.6 Å². The Kier molecular flexibility index (Phi) is 4.61. The summed E-state index contributed by atoms with van der Waals surface area (Å²) in [4.78, 5) is 16.7. The number of carbonyl (C=O) groups is 1. The van der Waals surface area contributed by atoms with Crippen LogP contribution in [0, 0.1) is 18.3 Å². The first-order valence-corrected chi connectivity index (χ1v) is 8.36. The fraction of sp³-hybridized carbons (Fsp3) is 0.0556. The maximum absolute atomic E-state index is 12.3. The molecule has 0 saturated carbocycles. The molecule has 3 rings (SSSR count). The zero-order chi connectivity index (χ0) is 17.1. The Bertz CT molecular complexity index is 942. The molecule has 1 aromatic heterocycles. The largest absolute Gasteiger partial charge is 0.321 e. The summed E-state index contributed by atoms with van der Waals surface area (Å²) in [6, 6.07) is 14.7. The summed E-state index contributed by atoms with van der Waals surface area (Å²) in [5.74, 6) is -0.314. The minimum Gasteiger partial charge on any atom is -0.321 e. The average molecular weight is 354 g/mol. The van der Waals surface area contributed by atoms with Crippen molar-refractivity contribution in [1.82, 2.24) is 4.98 Å². The molecule has 118 valence electrons. The number of carbonyl (C=O) groups excluding carboxylic acids is 1. The number of aryl methyl sites for hydroxylation is 1. The number of halogens is 1. The highest BCUT2D eigenvalue weighted by molar-refractivity contribution is 7.13. The molecule has 3 aromatic rings. The number of thiazole rings is 1. The predicted octanol–water partition coefficient (Wildman–Crippen LogP) is 4.90. The first-order valence-electron chi connectivity index (χ1n) is 7.10. The fourth-order valence-corrected chi connectivity index (χ4v) is 3.11. The Balaban J connectivity index is 1.78. The molecule has 4 nitrogen and oxygen atoms in total. The first-order chi connectivity index (χ1) is 11.6. The van der Waals surface area contributed by atoms with Crippen LogP contribution in [0.1, 0.15) is 21.6 Å². The third-order valence-electron chi connectivity index (χ3n) is 3.38. The fourth-order valence-electron chi connectivity index (χ4n) is 2.09. The molecular formula is C18H12ClN3OS. The van der Waals surface area contributed by atoms with E-state index in [4.69, 9.17) is 16.9 Å². The number of rotatable bonds is 3. The molecule has 0 aliphatic carbocycles. The minimum absolute atomic E-state index is 0.300. The van der Waals surface area contributed by atoms with Crippen LogP contribution in [0.4, 0.5) is 5.69 Å². The summed E-state index contributed by atoms with van der Waals surface area (Å²) in [6.45, 7) is 2.02. The van der Waals surface area contributed by atoms with Gasteiger partial charge in [-0.15, -0.1) is 11.3 Å². The van der Waals surface area contributed by atoms with Crippen molar-refractivity contribution in [2.75, 3.05) is 5.32 Å². The molecule has 0 aliphatic heterocycles. The van der Waals surface area contributed by atoms with Gasteiger partial charge in [0.25, 0.3) is 5.91 Å². The third-order valence-corrected chi connectivity index (χ3v) is 4.59. The van der Waals surface area contributed by atoms with Crippen molar-refractivity contribution in [3.63, 3.8) is 0 Å². The molecule has 0 fully saturated rings. The second-order valence-corrected chi connectivity index (χ2v) is 6.43. The molecule has 0 aliphatic rings. The van der Waals surface area contributed by atoms with Crippen LogP contribution in [0.2, 0.25) is 5.02 Å². The van der Waals surface area contributed by atoms with Crippen LogP contribution in [0.5, 0.6) is 0 Å². The van der Waals surface area contributed by atoms with Crippen molar-refractivity contribution in [3.8, 4) is 16.6 Å². The predicted molar refractivity (Wildman–Crippen MR) is 96.4 cm³/mol. The molecule has 0 atom stereocenters. The van der Waals surface area contributed by atoms with Crippen LogP contribution < -0.4 is 5.32 Å². The minimum atomic E-state index is -0.314. The summed E-state index contributed by atoms with van der Waals surface area (Å²) in [7, 11) is 0. The van der Waals surface area contributed by atoms with Gasteiger partial charge in [-0.25, -0.2) is 4.98 Å². The standard InChI is InChI=1S/C18H12ClN3OS/c1-11-2-4-12(5-3-11)18-22-16(10-24-18)17(23)21-14-7-6-13(9-20)15(19)8-14/h2-8,10H,1H3,(H,21,23). The summed E-state index contributed by atoms with van der Waals surface area (Å²) < 4.78 is 0. The lowest BCUT2D eigenvalue weighted by Gasteiger charge is -2.04. The van der Waals surface area contributed by atoms with E-state index < -0.39 is 0 Å². The van der Waals surface area contributed by atoms with Gasteiger partial charge in [-0.05, 0) is 25.1 Å². The van der Waals surface area contributed by atoms with Gasteiger partial charge >= 0.3 is 0 Å². The number of anilines is 1. The lowest BCUT2D eigenvalue weighted by molar-refractivity contribution is 0.102. The zero-order valence-electron chi connectivity index (χ0n) is 12.7. The Morgan fingerprint density at radius 1 is 1.25 bits per heavy atom. The lowest BCUT2D eigenvalue weighted by Crippen LogP contribution is -2.12. The summed E-state index contributed by atoms with van der Waals surface area (Å²) >= 11 is 7.38. The van der Waals surface area contributed by atoms with Gasteiger partial charge in [0.15, 0.2) is 0 Å². The molecule has 1 N–H and O–H groups in total. The van der Waals surface area contributed by atoms with Gasteiger partial charge < -0.3 is 5.32 Å². The van der Waals surface area contributed by atoms with Crippen LogP contribution in [-0.2, 0) is 0 Å². The van der Waals surface area contributed by atoms with Crippen molar-refractivity contribution in [1.29, 1.82) is 5.26 Å². The van der Waals surface area contributed by atoms with Crippen molar-refractivity contribution in [2.24, 2.45) is 0 Å². The molecule has 0 unspecified atom stereocenters. The molecule has 0 spiro atoms. The van der Waals surface area contributed by atoms with Crippen LogP contribution in [-0.4, -0.2) is 10.9 Å². The van der Waals surface area contributed by atoms with Crippen LogP contribution >= 0.6 is 22.9 Å². The smallest absolute Gasteiger partial charge is 0.275 e. The van der Waals surface area contributed by atoms with E-state index in [1.54, 1.807) is 23.6 Å². The quantitative estimate of drug-likeness (QED) is 0.728. The van der Waals surface area contributed by atoms with Gasteiger partial charge in [-0.1, -0.05) is 41.4 Å². The van der Waals surface area contributed by atoms with Crippen molar-refractivity contribution in [2.45, 2.75) is 6.92 Å². The first kappa shape index (κ1) is 16.2. The summed E-state index contributed by atoms with van der Waals surface area (Å²) in [5, 5.41) is 14.4. The Labute approximate surface area is 148 Å². The van der Waals surface area contributed by atoms with Gasteiger partial charge in [-0.3, -0.25) is 4.79 Å². The summed E-state index contributed by atoms with van der Waals surface area (Å²) in [5.41, 5.74) is 3.38. The van der Waals surface area contributed by atoms with E-state index in [-0.39, 0.29) is 5.91 Å². The molecule has 24 heavy (non-hydrogen) atoms. The second kappa shape index (κ2) is 6.83. The van der Waals surface area contributed by atoms with Gasteiger partial charge in [0, 0.05) is 16.6 Å². The van der Waals surface area contributed by atoms with Crippen LogP contribution in [0.3, 0.4) is 0 Å². The number of hydrogen-bond donors (Lipinski definition) is 1. The molecule has 1 amide bonds. The lowest BCUT2D eigenvalue weighted by atomic mass is 10.2. The number of hydrogen-bond acceptors (Lipinski definition) is 4. The molecule has 0 bridgehead atoms. The van der Waals surface area contributed by atoms with E-state index in [9.17, 15) is 4.79 Å². The topological polar surface area (TPSA) is 65.8 Å². The number of aromatic nitrogens is 1. The molecule has 0 radical (unpaired) electrons. The van der Waals surface area contributed by atoms with E-state index >= 15 is 0 Å². The van der Waals surface area contributed by atoms with E-state index in [0.29, 0.717) is 22.0 Å². The second-order valence-electron chi connectivity index (χ2n) is 5.16. The number of benzene rings is 2.